The molecule has 32 heavy (non-hydrogen) atoms. The fraction of sp³-hybridized carbons (Fsp3) is 0.0909. The second-order valence-electron chi connectivity index (χ2n) is 6.71. The van der Waals surface area contributed by atoms with Gasteiger partial charge in [0.2, 0.25) is 5.75 Å². The van der Waals surface area contributed by atoms with E-state index in [-0.39, 0.29) is 11.3 Å². The molecule has 0 saturated carbocycles. The van der Waals surface area contributed by atoms with Gasteiger partial charge >= 0.3 is 5.69 Å². The molecule has 0 fully saturated rings. The van der Waals surface area contributed by atoms with E-state index in [0.29, 0.717) is 5.75 Å². The number of nitrogens with zero attached hydrogens (tertiary/aromatic N) is 5. The Morgan fingerprint density at radius 3 is 2.22 bits per heavy atom. The molecule has 0 aliphatic heterocycles. The van der Waals surface area contributed by atoms with Crippen molar-refractivity contribution in [2.24, 2.45) is 0 Å². The summed E-state index contributed by atoms with van der Waals surface area (Å²) in [6, 6.07) is 15.4. The summed E-state index contributed by atoms with van der Waals surface area (Å²) in [4.78, 5) is 20.7. The summed E-state index contributed by atoms with van der Waals surface area (Å²) in [5, 5.41) is 40.1. The summed E-state index contributed by atoms with van der Waals surface area (Å²) in [5.41, 5.74) is 2.30. The lowest BCUT2D eigenvalue weighted by Gasteiger charge is -2.11. The van der Waals surface area contributed by atoms with Gasteiger partial charge in [-0.15, -0.1) is 0 Å². The molecule has 0 spiro atoms. The van der Waals surface area contributed by atoms with Crippen molar-refractivity contribution < 1.29 is 14.6 Å². The Morgan fingerprint density at radius 2 is 1.66 bits per heavy atom. The van der Waals surface area contributed by atoms with Gasteiger partial charge in [-0.2, -0.15) is 10.5 Å². The van der Waals surface area contributed by atoms with Crippen LogP contribution >= 0.6 is 0 Å². The third kappa shape index (κ3) is 4.30. The highest BCUT2D eigenvalue weighted by molar-refractivity contribution is 5.65. The summed E-state index contributed by atoms with van der Waals surface area (Å²) in [6.07, 6.45) is 1.52. The number of nitro groups is 2. The van der Waals surface area contributed by atoms with Gasteiger partial charge in [0.1, 0.15) is 23.5 Å². The van der Waals surface area contributed by atoms with Crippen molar-refractivity contribution in [3.8, 4) is 29.3 Å². The molecule has 0 bridgehead atoms. The molecular weight excluding hydrogens is 414 g/mol. The Bertz CT molecular complexity index is 1320. The van der Waals surface area contributed by atoms with Gasteiger partial charge in [-0.05, 0) is 61.9 Å². The van der Waals surface area contributed by atoms with E-state index in [9.17, 15) is 20.2 Å². The van der Waals surface area contributed by atoms with Crippen molar-refractivity contribution >= 4 is 17.5 Å². The molecule has 0 aliphatic carbocycles. The fourth-order valence-corrected chi connectivity index (χ4v) is 3.21. The number of non-ortho nitro benzene ring substituents is 1. The van der Waals surface area contributed by atoms with E-state index < -0.39 is 21.2 Å². The van der Waals surface area contributed by atoms with E-state index in [1.165, 1.54) is 12.1 Å². The number of nitriles is 2. The number of benzene rings is 2. The maximum Gasteiger partial charge on any atom is 0.318 e. The van der Waals surface area contributed by atoms with Crippen LogP contribution in [0.1, 0.15) is 17.0 Å². The summed E-state index contributed by atoms with van der Waals surface area (Å²) in [6.45, 7) is 3.74. The first-order valence-electron chi connectivity index (χ1n) is 9.17. The molecule has 1 heterocycles. The van der Waals surface area contributed by atoms with E-state index in [0.717, 1.165) is 34.8 Å². The second-order valence-corrected chi connectivity index (χ2v) is 6.71. The zero-order chi connectivity index (χ0) is 23.4. The van der Waals surface area contributed by atoms with Crippen LogP contribution in [0.2, 0.25) is 0 Å². The van der Waals surface area contributed by atoms with Gasteiger partial charge in [-0.1, -0.05) is 0 Å². The molecule has 0 N–H and O–H groups in total. The van der Waals surface area contributed by atoms with Crippen LogP contribution in [-0.2, 0) is 0 Å². The minimum absolute atomic E-state index is 0.00121. The predicted octanol–water partition coefficient (Wildman–Crippen LogP) is 5.13. The van der Waals surface area contributed by atoms with Crippen LogP contribution in [0, 0.1) is 56.7 Å². The highest BCUT2D eigenvalue weighted by Gasteiger charge is 2.21. The van der Waals surface area contributed by atoms with Gasteiger partial charge in [0, 0.05) is 23.1 Å². The van der Waals surface area contributed by atoms with Gasteiger partial charge in [0.05, 0.1) is 15.9 Å². The molecule has 0 aliphatic rings. The Morgan fingerprint density at radius 1 is 1.00 bits per heavy atom. The molecule has 158 valence electrons. The molecule has 0 atom stereocenters. The smallest absolute Gasteiger partial charge is 0.318 e. The second kappa shape index (κ2) is 8.81. The van der Waals surface area contributed by atoms with Crippen molar-refractivity contribution in [3.63, 3.8) is 0 Å². The number of aryl methyl sites for hydroxylation is 1. The van der Waals surface area contributed by atoms with Gasteiger partial charge in [-0.3, -0.25) is 20.2 Å². The average Bonchev–Trinajstić information content (AvgIpc) is 3.05. The monoisotopic (exact) mass is 429 g/mol. The van der Waals surface area contributed by atoms with Crippen molar-refractivity contribution in [1.82, 2.24) is 4.57 Å². The van der Waals surface area contributed by atoms with Crippen LogP contribution in [0.15, 0.2) is 54.1 Å². The van der Waals surface area contributed by atoms with Crippen LogP contribution in [0.4, 0.5) is 11.4 Å². The summed E-state index contributed by atoms with van der Waals surface area (Å²) >= 11 is 0. The lowest BCUT2D eigenvalue weighted by Crippen LogP contribution is -1.99. The minimum atomic E-state index is -0.741. The quantitative estimate of drug-likeness (QED) is 0.299. The molecule has 3 aromatic rings. The highest BCUT2D eigenvalue weighted by atomic mass is 16.6. The predicted molar refractivity (Wildman–Crippen MR) is 114 cm³/mol. The van der Waals surface area contributed by atoms with Crippen LogP contribution < -0.4 is 4.74 Å². The van der Waals surface area contributed by atoms with Crippen LogP contribution in [0.3, 0.4) is 0 Å². The first-order chi connectivity index (χ1) is 15.2. The lowest BCUT2D eigenvalue weighted by molar-refractivity contribution is -0.394. The average molecular weight is 429 g/mol. The SMILES string of the molecule is Cc1cc(C=C(C#N)C#N)c(C)n1-c1ccc(Oc2ccc([N+](=O)[O-])cc2[N+](=O)[O-])cc1. The third-order valence-corrected chi connectivity index (χ3v) is 4.68. The maximum atomic E-state index is 11.3. The third-order valence-electron chi connectivity index (χ3n) is 4.68. The maximum absolute atomic E-state index is 11.3. The summed E-state index contributed by atoms with van der Waals surface area (Å²) < 4.78 is 7.52. The Hall–Kier alpha value is -4.96. The number of hydrogen-bond donors (Lipinski definition) is 0. The topological polar surface area (TPSA) is 148 Å². The van der Waals surface area contributed by atoms with E-state index in [4.69, 9.17) is 15.3 Å². The van der Waals surface area contributed by atoms with Gasteiger partial charge in [0.15, 0.2) is 0 Å². The normalized spacial score (nSPS) is 10.0. The minimum Gasteiger partial charge on any atom is -0.450 e. The molecular formula is C22H15N5O5. The first-order valence-corrected chi connectivity index (χ1v) is 9.17. The van der Waals surface area contributed by atoms with Crippen molar-refractivity contribution in [1.29, 1.82) is 10.5 Å². The van der Waals surface area contributed by atoms with E-state index in [1.54, 1.807) is 24.3 Å². The zero-order valence-electron chi connectivity index (χ0n) is 17.0. The van der Waals surface area contributed by atoms with E-state index in [1.807, 2.05) is 36.6 Å². The molecule has 0 radical (unpaired) electrons. The lowest BCUT2D eigenvalue weighted by atomic mass is 10.1. The molecule has 0 amide bonds. The van der Waals surface area contributed by atoms with Crippen molar-refractivity contribution in [2.45, 2.75) is 13.8 Å². The van der Waals surface area contributed by atoms with Crippen LogP contribution in [-0.4, -0.2) is 14.4 Å². The zero-order valence-corrected chi connectivity index (χ0v) is 17.0. The van der Waals surface area contributed by atoms with Gasteiger partial charge < -0.3 is 9.30 Å². The molecule has 2 aromatic carbocycles. The summed E-state index contributed by atoms with van der Waals surface area (Å²) in [5.74, 6) is 0.194. The van der Waals surface area contributed by atoms with E-state index in [2.05, 4.69) is 0 Å². The van der Waals surface area contributed by atoms with Gasteiger partial charge in [-0.25, -0.2) is 0 Å². The number of ether oxygens (including phenoxy) is 1. The van der Waals surface area contributed by atoms with E-state index >= 15 is 0 Å². The highest BCUT2D eigenvalue weighted by Crippen LogP contribution is 2.35. The standard InChI is InChI=1S/C22H15N5O5/c1-14-9-17(10-16(12-23)13-24)15(2)25(14)18-3-6-20(7-4-18)32-22-8-5-19(26(28)29)11-21(22)27(30)31/h3-11H,1-2H3. The number of nitro benzene ring substituents is 2. The fourth-order valence-electron chi connectivity index (χ4n) is 3.21. The first kappa shape index (κ1) is 21.7. The van der Waals surface area contributed by atoms with Crippen LogP contribution in [0.25, 0.3) is 11.8 Å². The number of aromatic nitrogens is 1. The van der Waals surface area contributed by atoms with Crippen molar-refractivity contribution in [3.05, 3.63) is 91.3 Å². The Labute approximate surface area is 182 Å². The largest absolute Gasteiger partial charge is 0.450 e. The number of allylic oxidation sites excluding steroid dienone is 1. The van der Waals surface area contributed by atoms with Crippen LogP contribution in [0.5, 0.6) is 11.5 Å². The molecule has 0 unspecified atom stereocenters. The number of hydrogen-bond acceptors (Lipinski definition) is 7. The number of rotatable bonds is 6. The van der Waals surface area contributed by atoms with Crippen molar-refractivity contribution in [2.75, 3.05) is 0 Å². The molecule has 10 nitrogen and oxygen atoms in total. The summed E-state index contributed by atoms with van der Waals surface area (Å²) in [7, 11) is 0. The molecule has 1 aromatic heterocycles. The molecule has 10 heteroatoms. The molecule has 3 rings (SSSR count). The van der Waals surface area contributed by atoms with Gasteiger partial charge in [0.25, 0.3) is 5.69 Å². The Balaban J connectivity index is 1.92. The molecule has 0 saturated heterocycles. The Kier molecular flexibility index (Phi) is 5.99.